The van der Waals surface area contributed by atoms with Crippen molar-refractivity contribution in [2.75, 3.05) is 4.90 Å². The number of carbonyl (C=O) groups excluding carboxylic acids is 4. The maximum Gasteiger partial charge on any atom is 0.488 e. The molecule has 2 aromatic rings. The molecule has 2 aromatic carbocycles. The van der Waals surface area contributed by atoms with Crippen molar-refractivity contribution in [3.05, 3.63) is 88.5 Å². The van der Waals surface area contributed by atoms with Gasteiger partial charge in [-0.15, -0.1) is 0 Å². The van der Waals surface area contributed by atoms with Gasteiger partial charge in [-0.05, 0) is 67.1 Å². The molecule has 0 unspecified atom stereocenters. The molecule has 4 atom stereocenters. The van der Waals surface area contributed by atoms with Gasteiger partial charge in [-0.3, -0.25) is 24.1 Å². The normalized spacial score (nSPS) is 26.6. The second kappa shape index (κ2) is 8.75. The van der Waals surface area contributed by atoms with Crippen LogP contribution in [0.15, 0.2) is 83.0 Å². The quantitative estimate of drug-likeness (QED) is 0.248. The van der Waals surface area contributed by atoms with E-state index in [1.54, 1.807) is 37.3 Å². The molecule has 8 nitrogen and oxygen atoms in total. The van der Waals surface area contributed by atoms with Crippen LogP contribution in [0.3, 0.4) is 0 Å². The van der Waals surface area contributed by atoms with Crippen LogP contribution in [0.4, 0.5) is 5.69 Å². The van der Waals surface area contributed by atoms with Crippen LogP contribution in [0.5, 0.6) is 5.75 Å². The first-order valence-electron chi connectivity index (χ1n) is 12.5. The summed E-state index contributed by atoms with van der Waals surface area (Å²) in [7, 11) is -1.75. The van der Waals surface area contributed by atoms with E-state index >= 15 is 0 Å². The third-order valence-electron chi connectivity index (χ3n) is 8.19. The van der Waals surface area contributed by atoms with Gasteiger partial charge in [-0.2, -0.15) is 0 Å². The number of ketones is 2. The van der Waals surface area contributed by atoms with Crippen LogP contribution in [0.1, 0.15) is 31.2 Å². The largest absolute Gasteiger partial charge is 0.508 e. The molecular formula is C29H24BNO7. The molecule has 2 amide bonds. The van der Waals surface area contributed by atoms with E-state index in [9.17, 15) is 34.3 Å². The van der Waals surface area contributed by atoms with Gasteiger partial charge in [0, 0.05) is 22.6 Å². The third kappa shape index (κ3) is 3.54. The Kier molecular flexibility index (Phi) is 5.59. The minimum Gasteiger partial charge on any atom is -0.508 e. The lowest BCUT2D eigenvalue weighted by molar-refractivity contribution is -0.123. The SMILES string of the molecule is CC1=CC(=O)C2=C(C[C@@H]3C(=CC[C@@H]4C(=O)N(c5cccc(B(O)O)c5)C(=O)[C@@H]43)[C@@H]2c2cccc(O)c2)C1=O. The molecule has 9 heteroatoms. The van der Waals surface area contributed by atoms with Crippen molar-refractivity contribution in [1.82, 2.24) is 0 Å². The fraction of sp³-hybridized carbons (Fsp3) is 0.241. The molecule has 3 N–H and O–H groups in total. The predicted octanol–water partition coefficient (Wildman–Crippen LogP) is 1.71. The predicted molar refractivity (Wildman–Crippen MR) is 138 cm³/mol. The van der Waals surface area contributed by atoms with Crippen molar-refractivity contribution < 1.29 is 34.3 Å². The van der Waals surface area contributed by atoms with E-state index in [0.29, 0.717) is 22.3 Å². The lowest BCUT2D eigenvalue weighted by Crippen LogP contribution is -2.40. The highest BCUT2D eigenvalue weighted by Gasteiger charge is 2.56. The summed E-state index contributed by atoms with van der Waals surface area (Å²) >= 11 is 0. The Bertz CT molecular complexity index is 1530. The summed E-state index contributed by atoms with van der Waals surface area (Å²) in [5.41, 5.74) is 2.90. The maximum absolute atomic E-state index is 13.9. The average Bonchev–Trinajstić information content (AvgIpc) is 3.15. The summed E-state index contributed by atoms with van der Waals surface area (Å²) in [6.45, 7) is 1.59. The highest BCUT2D eigenvalue weighted by molar-refractivity contribution is 6.58. The van der Waals surface area contributed by atoms with Crippen LogP contribution in [-0.4, -0.2) is 45.7 Å². The summed E-state index contributed by atoms with van der Waals surface area (Å²) in [5.74, 6) is -3.78. The number of allylic oxidation sites excluding steroid dienone is 6. The van der Waals surface area contributed by atoms with Crippen molar-refractivity contribution in [2.45, 2.75) is 25.7 Å². The second-order valence-corrected chi connectivity index (χ2v) is 10.3. The number of aromatic hydroxyl groups is 1. The topological polar surface area (TPSA) is 132 Å². The number of amides is 2. The molecule has 38 heavy (non-hydrogen) atoms. The molecule has 0 bridgehead atoms. The fourth-order valence-corrected chi connectivity index (χ4v) is 6.54. The minimum atomic E-state index is -1.75. The molecule has 0 aromatic heterocycles. The Morgan fingerprint density at radius 1 is 0.947 bits per heavy atom. The monoisotopic (exact) mass is 509 g/mol. The number of rotatable bonds is 3. The van der Waals surface area contributed by atoms with Crippen molar-refractivity contribution >= 4 is 41.6 Å². The van der Waals surface area contributed by atoms with Crippen molar-refractivity contribution in [1.29, 1.82) is 0 Å². The summed E-state index contributed by atoms with van der Waals surface area (Å²) in [4.78, 5) is 55.1. The van der Waals surface area contributed by atoms with E-state index in [2.05, 4.69) is 0 Å². The van der Waals surface area contributed by atoms with Crippen LogP contribution >= 0.6 is 0 Å². The number of Topliss-reactive ketones (excluding diaryl/α,β-unsaturated/α-hetero) is 1. The first kappa shape index (κ1) is 24.3. The van der Waals surface area contributed by atoms with Gasteiger partial charge < -0.3 is 15.2 Å². The molecule has 1 fully saturated rings. The highest BCUT2D eigenvalue weighted by atomic mass is 16.4. The zero-order valence-corrected chi connectivity index (χ0v) is 20.5. The molecule has 1 saturated heterocycles. The van der Waals surface area contributed by atoms with Gasteiger partial charge in [0.1, 0.15) is 5.75 Å². The number of hydrogen-bond acceptors (Lipinski definition) is 7. The van der Waals surface area contributed by atoms with Crippen LogP contribution in [0.2, 0.25) is 0 Å². The fourth-order valence-electron chi connectivity index (χ4n) is 6.54. The molecule has 6 rings (SSSR count). The van der Waals surface area contributed by atoms with E-state index < -0.39 is 36.7 Å². The van der Waals surface area contributed by atoms with E-state index in [1.165, 1.54) is 24.3 Å². The molecule has 0 spiro atoms. The summed E-state index contributed by atoms with van der Waals surface area (Å²) < 4.78 is 0. The number of imide groups is 1. The van der Waals surface area contributed by atoms with Gasteiger partial charge in [-0.1, -0.05) is 35.9 Å². The molecule has 0 saturated carbocycles. The van der Waals surface area contributed by atoms with E-state index in [-0.39, 0.29) is 47.2 Å². The molecule has 0 radical (unpaired) electrons. The van der Waals surface area contributed by atoms with Gasteiger partial charge in [0.25, 0.3) is 0 Å². The van der Waals surface area contributed by atoms with Crippen molar-refractivity contribution in [2.24, 2.45) is 17.8 Å². The Hall–Kier alpha value is -4.08. The number of phenols is 1. The number of nitrogens with zero attached hydrogens (tertiary/aromatic N) is 1. The summed E-state index contributed by atoms with van der Waals surface area (Å²) in [6, 6.07) is 12.6. The van der Waals surface area contributed by atoms with Gasteiger partial charge in [0.2, 0.25) is 11.8 Å². The number of fused-ring (bicyclic) bond motifs is 3. The number of hydrogen-bond donors (Lipinski definition) is 3. The molecule has 4 aliphatic rings. The van der Waals surface area contributed by atoms with E-state index in [1.807, 2.05) is 6.08 Å². The Labute approximate surface area is 218 Å². The van der Waals surface area contributed by atoms with Crippen molar-refractivity contribution in [3.63, 3.8) is 0 Å². The van der Waals surface area contributed by atoms with Crippen LogP contribution in [-0.2, 0) is 19.2 Å². The second-order valence-electron chi connectivity index (χ2n) is 10.3. The van der Waals surface area contributed by atoms with Gasteiger partial charge in [0.05, 0.1) is 17.5 Å². The van der Waals surface area contributed by atoms with E-state index in [0.717, 1.165) is 10.5 Å². The molecular weight excluding hydrogens is 485 g/mol. The molecule has 1 aliphatic heterocycles. The number of phenolic OH excluding ortho intramolecular Hbond substituents is 1. The highest BCUT2D eigenvalue weighted by Crippen LogP contribution is 2.55. The minimum absolute atomic E-state index is 0.0200. The molecule has 1 heterocycles. The Morgan fingerprint density at radius 2 is 1.71 bits per heavy atom. The zero-order valence-electron chi connectivity index (χ0n) is 20.5. The lowest BCUT2D eigenvalue weighted by atomic mass is 9.59. The zero-order chi connectivity index (χ0) is 26.9. The average molecular weight is 509 g/mol. The van der Waals surface area contributed by atoms with Crippen LogP contribution < -0.4 is 10.4 Å². The summed E-state index contributed by atoms with van der Waals surface area (Å²) in [6.07, 6.45) is 3.71. The van der Waals surface area contributed by atoms with E-state index in [4.69, 9.17) is 0 Å². The van der Waals surface area contributed by atoms with Crippen molar-refractivity contribution in [3.8, 4) is 5.75 Å². The molecule has 3 aliphatic carbocycles. The first-order valence-corrected chi connectivity index (χ1v) is 12.5. The Morgan fingerprint density at radius 3 is 2.45 bits per heavy atom. The lowest BCUT2D eigenvalue weighted by Gasteiger charge is -2.42. The van der Waals surface area contributed by atoms with Crippen LogP contribution in [0.25, 0.3) is 0 Å². The number of anilines is 1. The molecule has 190 valence electrons. The van der Waals surface area contributed by atoms with Gasteiger partial charge >= 0.3 is 7.12 Å². The standard InChI is InChI=1S/C29H24BNO7/c1-14-10-23(33)26-22(27(14)34)13-21-19(24(26)15-4-2-7-18(32)11-15)8-9-20-25(21)29(36)31(28(20)35)17-6-3-5-16(12-17)30(37)38/h2-8,10-12,20-21,24-25,32,37-38H,9,13H2,1H3/t20-,21+,24-,25-/m0/s1. The summed E-state index contributed by atoms with van der Waals surface area (Å²) in [5, 5.41) is 29.4. The van der Waals surface area contributed by atoms with Crippen LogP contribution in [0, 0.1) is 17.8 Å². The first-order chi connectivity index (χ1) is 18.2. The third-order valence-corrected chi connectivity index (χ3v) is 8.19. The van der Waals surface area contributed by atoms with Gasteiger partial charge in [0.15, 0.2) is 11.6 Å². The smallest absolute Gasteiger partial charge is 0.488 e. The van der Waals surface area contributed by atoms with Gasteiger partial charge in [-0.25, -0.2) is 0 Å². The Balaban J connectivity index is 1.47. The maximum atomic E-state index is 13.9. The number of carbonyl (C=O) groups is 4. The number of benzene rings is 2.